The van der Waals surface area contributed by atoms with E-state index in [2.05, 4.69) is 0 Å². The van der Waals surface area contributed by atoms with Gasteiger partial charge in [-0.25, -0.2) is 0 Å². The predicted molar refractivity (Wildman–Crippen MR) is 70.0 cm³/mol. The fraction of sp³-hybridized carbons (Fsp3) is 0.571. The number of aliphatic hydroxyl groups is 2. The Balaban J connectivity index is 2.60. The molecule has 0 bridgehead atoms. The van der Waals surface area contributed by atoms with Crippen molar-refractivity contribution >= 4 is 0 Å². The molecule has 0 radical (unpaired) electrons. The van der Waals surface area contributed by atoms with Crippen molar-refractivity contribution in [2.75, 3.05) is 19.8 Å². The van der Waals surface area contributed by atoms with Crippen molar-refractivity contribution in [1.82, 2.24) is 0 Å². The molecule has 0 atom stereocenters. The van der Waals surface area contributed by atoms with Gasteiger partial charge < -0.3 is 19.7 Å². The first-order chi connectivity index (χ1) is 8.83. The van der Waals surface area contributed by atoms with Gasteiger partial charge >= 0.3 is 0 Å². The summed E-state index contributed by atoms with van der Waals surface area (Å²) in [5, 5.41) is 18.0. The first kappa shape index (κ1) is 14.8. The summed E-state index contributed by atoms with van der Waals surface area (Å²) in [5.74, 6) is 1.30. The summed E-state index contributed by atoms with van der Waals surface area (Å²) in [6, 6.07) is 5.51. The lowest BCUT2D eigenvalue weighted by atomic mass is 10.2. The van der Waals surface area contributed by atoms with Gasteiger partial charge in [-0.3, -0.25) is 0 Å². The number of benzene rings is 1. The minimum absolute atomic E-state index is 0.0626. The highest BCUT2D eigenvalue weighted by Gasteiger charge is 2.10. The lowest BCUT2D eigenvalue weighted by Gasteiger charge is -2.14. The van der Waals surface area contributed by atoms with E-state index in [-0.39, 0.29) is 13.2 Å². The molecule has 1 rings (SSSR count). The Kier molecular flexibility index (Phi) is 7.22. The van der Waals surface area contributed by atoms with E-state index >= 15 is 0 Å². The van der Waals surface area contributed by atoms with Crippen molar-refractivity contribution < 1.29 is 19.7 Å². The van der Waals surface area contributed by atoms with Crippen LogP contribution in [-0.2, 0) is 6.61 Å². The molecule has 0 heterocycles. The standard InChI is InChI=1S/C14H22O4/c1-2-17-13-8-6-7-12(11-16)14(13)18-10-5-3-4-9-15/h6-8,15-16H,2-5,9-11H2,1H3. The fourth-order valence-electron chi connectivity index (χ4n) is 1.68. The average molecular weight is 254 g/mol. The third kappa shape index (κ3) is 4.55. The van der Waals surface area contributed by atoms with Gasteiger partial charge in [0.15, 0.2) is 11.5 Å². The van der Waals surface area contributed by atoms with Crippen LogP contribution in [0.4, 0.5) is 0 Å². The third-order valence-corrected chi connectivity index (χ3v) is 2.58. The lowest BCUT2D eigenvalue weighted by molar-refractivity contribution is 0.239. The fourth-order valence-corrected chi connectivity index (χ4v) is 1.68. The number of hydrogen-bond acceptors (Lipinski definition) is 4. The van der Waals surface area contributed by atoms with Crippen molar-refractivity contribution in [3.8, 4) is 11.5 Å². The molecule has 1 aromatic carbocycles. The predicted octanol–water partition coefficient (Wildman–Crippen LogP) is 2.12. The second kappa shape index (κ2) is 8.78. The van der Waals surface area contributed by atoms with Crippen LogP contribution in [0.5, 0.6) is 11.5 Å². The summed E-state index contributed by atoms with van der Waals surface area (Å²) in [4.78, 5) is 0. The first-order valence-electron chi connectivity index (χ1n) is 6.42. The van der Waals surface area contributed by atoms with Crippen LogP contribution in [0, 0.1) is 0 Å². The minimum Gasteiger partial charge on any atom is -0.490 e. The Bertz CT molecular complexity index is 339. The first-order valence-corrected chi connectivity index (χ1v) is 6.42. The molecule has 0 aliphatic rings. The van der Waals surface area contributed by atoms with Gasteiger partial charge in [-0.2, -0.15) is 0 Å². The SMILES string of the molecule is CCOc1cccc(CO)c1OCCCCCO. The number of hydrogen-bond donors (Lipinski definition) is 2. The third-order valence-electron chi connectivity index (χ3n) is 2.58. The minimum atomic E-state index is -0.0626. The molecular weight excluding hydrogens is 232 g/mol. The molecule has 0 aliphatic carbocycles. The summed E-state index contributed by atoms with van der Waals surface area (Å²) in [7, 11) is 0. The summed E-state index contributed by atoms with van der Waals surface area (Å²) < 4.78 is 11.2. The van der Waals surface area contributed by atoms with E-state index in [1.54, 1.807) is 0 Å². The van der Waals surface area contributed by atoms with E-state index in [4.69, 9.17) is 14.6 Å². The molecule has 0 saturated carbocycles. The van der Waals surface area contributed by atoms with Crippen LogP contribution in [0.2, 0.25) is 0 Å². The Morgan fingerprint density at radius 1 is 1.06 bits per heavy atom. The molecule has 102 valence electrons. The van der Waals surface area contributed by atoms with E-state index in [9.17, 15) is 5.11 Å². The van der Waals surface area contributed by atoms with Gasteiger partial charge in [0.05, 0.1) is 19.8 Å². The molecule has 0 unspecified atom stereocenters. The van der Waals surface area contributed by atoms with Gasteiger partial charge in [0.2, 0.25) is 0 Å². The number of aliphatic hydroxyl groups excluding tert-OH is 2. The molecular formula is C14H22O4. The smallest absolute Gasteiger partial charge is 0.166 e. The second-order valence-electron chi connectivity index (χ2n) is 3.97. The highest BCUT2D eigenvalue weighted by molar-refractivity contribution is 5.46. The Morgan fingerprint density at radius 3 is 2.56 bits per heavy atom. The van der Waals surface area contributed by atoms with Crippen LogP contribution in [0.1, 0.15) is 31.7 Å². The van der Waals surface area contributed by atoms with Gasteiger partial charge in [0.1, 0.15) is 0 Å². The van der Waals surface area contributed by atoms with Gasteiger partial charge in [-0.1, -0.05) is 12.1 Å². The number of ether oxygens (including phenoxy) is 2. The zero-order chi connectivity index (χ0) is 13.2. The summed E-state index contributed by atoms with van der Waals surface area (Å²) >= 11 is 0. The average Bonchev–Trinajstić information content (AvgIpc) is 2.40. The largest absolute Gasteiger partial charge is 0.490 e. The van der Waals surface area contributed by atoms with Crippen LogP contribution in [-0.4, -0.2) is 30.0 Å². The van der Waals surface area contributed by atoms with E-state index in [0.29, 0.717) is 24.7 Å². The van der Waals surface area contributed by atoms with Crippen molar-refractivity contribution in [2.24, 2.45) is 0 Å². The maximum Gasteiger partial charge on any atom is 0.166 e. The van der Waals surface area contributed by atoms with Crippen molar-refractivity contribution in [3.05, 3.63) is 23.8 Å². The molecule has 18 heavy (non-hydrogen) atoms. The lowest BCUT2D eigenvalue weighted by Crippen LogP contribution is -2.04. The molecule has 0 fully saturated rings. The molecule has 0 amide bonds. The molecule has 4 heteroatoms. The van der Waals surface area contributed by atoms with Crippen LogP contribution < -0.4 is 9.47 Å². The Morgan fingerprint density at radius 2 is 1.89 bits per heavy atom. The Labute approximate surface area is 108 Å². The molecule has 2 N–H and O–H groups in total. The van der Waals surface area contributed by atoms with Crippen molar-refractivity contribution in [1.29, 1.82) is 0 Å². The highest BCUT2D eigenvalue weighted by Crippen LogP contribution is 2.31. The normalized spacial score (nSPS) is 10.4. The maximum absolute atomic E-state index is 9.28. The van der Waals surface area contributed by atoms with Gasteiger partial charge in [0, 0.05) is 12.2 Å². The van der Waals surface area contributed by atoms with Gasteiger partial charge in [-0.05, 0) is 32.3 Å². The summed E-state index contributed by atoms with van der Waals surface area (Å²) in [6.07, 6.45) is 2.61. The van der Waals surface area contributed by atoms with Crippen LogP contribution >= 0.6 is 0 Å². The Hall–Kier alpha value is -1.26. The van der Waals surface area contributed by atoms with Crippen LogP contribution in [0.25, 0.3) is 0 Å². The molecule has 0 aromatic heterocycles. The zero-order valence-corrected chi connectivity index (χ0v) is 10.9. The van der Waals surface area contributed by atoms with E-state index in [1.807, 2.05) is 25.1 Å². The van der Waals surface area contributed by atoms with E-state index in [0.717, 1.165) is 24.8 Å². The maximum atomic E-state index is 9.28. The van der Waals surface area contributed by atoms with Crippen molar-refractivity contribution in [2.45, 2.75) is 32.8 Å². The summed E-state index contributed by atoms with van der Waals surface area (Å²) in [5.41, 5.74) is 0.739. The molecule has 0 saturated heterocycles. The van der Waals surface area contributed by atoms with E-state index < -0.39 is 0 Å². The number of para-hydroxylation sites is 1. The number of rotatable bonds is 9. The van der Waals surface area contributed by atoms with E-state index in [1.165, 1.54) is 0 Å². The molecule has 1 aromatic rings. The monoisotopic (exact) mass is 254 g/mol. The molecule has 0 aliphatic heterocycles. The van der Waals surface area contributed by atoms with Gasteiger partial charge in [0.25, 0.3) is 0 Å². The van der Waals surface area contributed by atoms with Crippen LogP contribution in [0.3, 0.4) is 0 Å². The summed E-state index contributed by atoms with van der Waals surface area (Å²) in [6.45, 7) is 3.20. The number of unbranched alkanes of at least 4 members (excludes halogenated alkanes) is 2. The van der Waals surface area contributed by atoms with Gasteiger partial charge in [-0.15, -0.1) is 0 Å². The van der Waals surface area contributed by atoms with Crippen molar-refractivity contribution in [3.63, 3.8) is 0 Å². The quantitative estimate of drug-likeness (QED) is 0.663. The zero-order valence-electron chi connectivity index (χ0n) is 10.9. The van der Waals surface area contributed by atoms with Crippen LogP contribution in [0.15, 0.2) is 18.2 Å². The highest BCUT2D eigenvalue weighted by atomic mass is 16.5. The topological polar surface area (TPSA) is 58.9 Å². The molecule has 0 spiro atoms. The second-order valence-corrected chi connectivity index (χ2v) is 3.97. The molecule has 4 nitrogen and oxygen atoms in total.